The molecule has 1 fully saturated rings. The second kappa shape index (κ2) is 38.0. The van der Waals surface area contributed by atoms with Gasteiger partial charge in [0.1, 0.15) is 67.0 Å². The van der Waals surface area contributed by atoms with E-state index in [-0.39, 0.29) is 94.7 Å². The lowest BCUT2D eigenvalue weighted by Crippen LogP contribution is -2.60. The Kier molecular flexibility index (Phi) is 29.5. The lowest BCUT2D eigenvalue weighted by Gasteiger charge is -2.30. The minimum Gasteiger partial charge on any atom is -0.508 e. The first-order chi connectivity index (χ1) is 46.1. The highest BCUT2D eigenvalue weighted by molar-refractivity contribution is 5.98. The Labute approximate surface area is 566 Å². The molecule has 6 aromatic rings. The van der Waals surface area contributed by atoms with Crippen LogP contribution in [0.3, 0.4) is 0 Å². The molecule has 0 spiro atoms. The summed E-state index contributed by atoms with van der Waals surface area (Å²) in [6, 6.07) is 28.6. The SMILES string of the molecule is CC(C)C[C@H](NC(=O)CNC(=O)[C@H](Cc1ccc(O)cc1)NC(=O)[C@H](CO)NC(=O)[C@H](Cc1c[nH]c2ccccc12)NC(=O)[C@H](Cc1ccc(OCc2ccccc2)cc1)NC(=O)OCc1ccccc1)C(=O)N[C@@H](CCCN=C(N)N)C(=O)N1CCC[C@H]1C(=O)NCC(N)=O.Cl. The van der Waals surface area contributed by atoms with Gasteiger partial charge in [-0.25, -0.2) is 4.79 Å². The van der Waals surface area contributed by atoms with Crippen molar-refractivity contribution in [2.75, 3.05) is 32.8 Å². The van der Waals surface area contributed by atoms with Crippen molar-refractivity contribution in [1.29, 1.82) is 0 Å². The fourth-order valence-electron chi connectivity index (χ4n) is 10.7. The fourth-order valence-corrected chi connectivity index (χ4v) is 10.7. The number of benzene rings is 5. The topological polar surface area (TPSA) is 435 Å². The molecule has 1 aromatic heterocycles. The Morgan fingerprint density at radius 1 is 0.608 bits per heavy atom. The number of alkyl carbamates (subject to hydrolysis) is 1. The van der Waals surface area contributed by atoms with Gasteiger partial charge in [0.25, 0.3) is 0 Å². The molecule has 7 atom stereocenters. The van der Waals surface area contributed by atoms with Gasteiger partial charge in [0.15, 0.2) is 5.96 Å². The average molecular weight is 1360 g/mol. The number of para-hydroxylation sites is 1. The number of aromatic hydroxyl groups is 1. The molecule has 97 heavy (non-hydrogen) atoms. The van der Waals surface area contributed by atoms with Gasteiger partial charge < -0.3 is 89.3 Å². The molecule has 0 unspecified atom stereocenters. The Morgan fingerprint density at radius 2 is 1.16 bits per heavy atom. The molecule has 7 rings (SSSR count). The molecular formula is C68H85ClN14O14. The van der Waals surface area contributed by atoms with E-state index in [1.54, 1.807) is 86.8 Å². The molecule has 5 aromatic carbocycles. The monoisotopic (exact) mass is 1360 g/mol. The molecule has 0 saturated carbocycles. The lowest BCUT2D eigenvalue weighted by molar-refractivity contribution is -0.142. The van der Waals surface area contributed by atoms with Gasteiger partial charge in [-0.1, -0.05) is 117 Å². The molecule has 1 saturated heterocycles. The summed E-state index contributed by atoms with van der Waals surface area (Å²) in [5.41, 5.74) is 20.2. The lowest BCUT2D eigenvalue weighted by atomic mass is 10.0. The zero-order chi connectivity index (χ0) is 69.1. The van der Waals surface area contributed by atoms with Gasteiger partial charge in [-0.05, 0) is 96.2 Å². The van der Waals surface area contributed by atoms with Crippen LogP contribution in [0.15, 0.2) is 145 Å². The van der Waals surface area contributed by atoms with Crippen molar-refractivity contribution < 1.29 is 67.6 Å². The smallest absolute Gasteiger partial charge is 0.408 e. The van der Waals surface area contributed by atoms with E-state index in [4.69, 9.17) is 26.7 Å². The molecule has 10 amide bonds. The summed E-state index contributed by atoms with van der Waals surface area (Å²) in [6.45, 7) is 1.80. The largest absolute Gasteiger partial charge is 0.508 e. The van der Waals surface area contributed by atoms with Gasteiger partial charge in [-0.2, -0.15) is 0 Å². The molecule has 0 bridgehead atoms. The third-order valence-corrected chi connectivity index (χ3v) is 15.6. The van der Waals surface area contributed by atoms with Crippen LogP contribution in [-0.2, 0) is 80.4 Å². The summed E-state index contributed by atoms with van der Waals surface area (Å²) in [4.78, 5) is 147. The molecule has 29 heteroatoms. The van der Waals surface area contributed by atoms with Crippen LogP contribution in [0, 0.1) is 5.92 Å². The normalized spacial score (nSPS) is 14.3. The molecule has 17 N–H and O–H groups in total. The second-order valence-corrected chi connectivity index (χ2v) is 23.5. The number of likely N-dealkylation sites (tertiary alicyclic amines) is 1. The fraction of sp³-hybridized carbons (Fsp3) is 0.368. The van der Waals surface area contributed by atoms with Gasteiger partial charge in [0.2, 0.25) is 53.2 Å². The van der Waals surface area contributed by atoms with Gasteiger partial charge in [-0.3, -0.25) is 48.1 Å². The van der Waals surface area contributed by atoms with E-state index in [0.717, 1.165) is 5.56 Å². The zero-order valence-corrected chi connectivity index (χ0v) is 54.6. The highest BCUT2D eigenvalue weighted by Gasteiger charge is 2.39. The number of carbonyl (C=O) groups is 10. The maximum atomic E-state index is 14.7. The summed E-state index contributed by atoms with van der Waals surface area (Å²) in [5, 5.41) is 42.4. The number of rotatable bonds is 35. The maximum absolute atomic E-state index is 14.7. The number of aromatic nitrogens is 1. The number of carbonyl (C=O) groups excluding carboxylic acids is 10. The van der Waals surface area contributed by atoms with Crippen LogP contribution < -0.4 is 64.5 Å². The number of hydrogen-bond acceptors (Lipinski definition) is 15. The van der Waals surface area contributed by atoms with E-state index >= 15 is 0 Å². The number of fused-ring (bicyclic) bond motifs is 1. The van der Waals surface area contributed by atoms with Crippen LogP contribution in [0.2, 0.25) is 0 Å². The number of ether oxygens (including phenoxy) is 2. The number of aliphatic hydroxyl groups is 1. The van der Waals surface area contributed by atoms with Crippen LogP contribution in [0.4, 0.5) is 4.79 Å². The molecule has 0 aliphatic carbocycles. The summed E-state index contributed by atoms with van der Waals surface area (Å²) in [5.74, 6) is -7.33. The number of aromatic amines is 1. The summed E-state index contributed by atoms with van der Waals surface area (Å²) < 4.78 is 11.5. The van der Waals surface area contributed by atoms with Crippen molar-refractivity contribution in [2.24, 2.45) is 28.1 Å². The average Bonchev–Trinajstić information content (AvgIpc) is 1.79. The van der Waals surface area contributed by atoms with Crippen molar-refractivity contribution in [3.8, 4) is 11.5 Å². The number of aliphatic imine (C=N–C) groups is 1. The number of aliphatic hydroxyl groups excluding tert-OH is 1. The number of halogens is 1. The summed E-state index contributed by atoms with van der Waals surface area (Å²) in [6.07, 6.45) is 1.22. The third kappa shape index (κ3) is 24.2. The number of nitrogens with zero attached hydrogens (tertiary/aromatic N) is 2. The molecule has 0 radical (unpaired) electrons. The predicted octanol–water partition coefficient (Wildman–Crippen LogP) is 1.42. The minimum absolute atomic E-state index is 0. The number of H-pyrrole nitrogens is 1. The van der Waals surface area contributed by atoms with E-state index in [0.29, 0.717) is 51.9 Å². The zero-order valence-electron chi connectivity index (χ0n) is 53.8. The third-order valence-electron chi connectivity index (χ3n) is 15.6. The van der Waals surface area contributed by atoms with Crippen LogP contribution in [0.1, 0.15) is 73.8 Å². The first-order valence-corrected chi connectivity index (χ1v) is 31.5. The van der Waals surface area contributed by atoms with Crippen LogP contribution in [0.5, 0.6) is 11.5 Å². The number of amides is 10. The van der Waals surface area contributed by atoms with Crippen LogP contribution in [-0.4, -0.2) is 160 Å². The molecule has 1 aliphatic heterocycles. The standard InChI is InChI=1S/C68H84N14O14.ClH/c1-41(2)31-52(61(88)77-51(19-11-29-72-67(70)71)66(93)82-30-12-20-57(82)65(92)74-36-58(69)85)76-59(86)37-75-60(87)53(32-42-21-25-47(84)26-22-42)78-64(91)56(38-83)80-63(90)55(34-46-35-73-50-18-10-9-17-49(46)50)79-62(89)54(81-68(94)96-40-45-15-7-4-8-16-45)33-43-23-27-48(28-24-43)95-39-44-13-5-3-6-14-44;/h3-10,13-18,21-28,35,41,51-57,73,83-84H,11-12,19-20,29-34,36-40H2,1-2H3,(H2,69,85)(H,74,92)(H,75,87)(H,76,86)(H,77,88)(H,78,91)(H,79,89)(H,80,90)(H,81,94)(H4,70,71,72);1H/t51-,52-,53-,54-,55-,56-,57-;/m0./s1. The van der Waals surface area contributed by atoms with Gasteiger partial charge in [-0.15, -0.1) is 12.4 Å². The number of nitrogens with one attached hydrogen (secondary N) is 9. The van der Waals surface area contributed by atoms with Crippen molar-refractivity contribution in [3.63, 3.8) is 0 Å². The molecular weight excluding hydrogens is 1270 g/mol. The number of hydrogen-bond donors (Lipinski definition) is 14. The quantitative estimate of drug-likeness (QED) is 0.0152. The number of guanidine groups is 1. The van der Waals surface area contributed by atoms with Gasteiger partial charge >= 0.3 is 6.09 Å². The van der Waals surface area contributed by atoms with E-state index in [1.165, 1.54) is 29.2 Å². The molecule has 1 aliphatic rings. The minimum atomic E-state index is -1.77. The van der Waals surface area contributed by atoms with Gasteiger partial charge in [0.05, 0.1) is 19.7 Å². The predicted molar refractivity (Wildman–Crippen MR) is 362 cm³/mol. The first-order valence-electron chi connectivity index (χ1n) is 31.5. The Morgan fingerprint density at radius 3 is 1.78 bits per heavy atom. The van der Waals surface area contributed by atoms with Crippen LogP contribution >= 0.6 is 12.4 Å². The van der Waals surface area contributed by atoms with E-state index in [1.807, 2.05) is 42.5 Å². The van der Waals surface area contributed by atoms with E-state index in [9.17, 15) is 58.2 Å². The maximum Gasteiger partial charge on any atom is 0.408 e. The number of phenols is 1. The van der Waals surface area contributed by atoms with Crippen molar-refractivity contribution >= 4 is 88.5 Å². The van der Waals surface area contributed by atoms with Crippen LogP contribution in [0.25, 0.3) is 10.9 Å². The second-order valence-electron chi connectivity index (χ2n) is 23.5. The Bertz CT molecular complexity index is 3650. The first kappa shape index (κ1) is 75.3. The number of nitrogens with two attached hydrogens (primary N) is 3. The number of phenolic OH excluding ortho intramolecular Hbond substituents is 1. The van der Waals surface area contributed by atoms with Crippen molar-refractivity contribution in [2.45, 2.75) is 121 Å². The summed E-state index contributed by atoms with van der Waals surface area (Å²) in [7, 11) is 0. The van der Waals surface area contributed by atoms with E-state index < -0.39 is 121 Å². The van der Waals surface area contributed by atoms with Crippen molar-refractivity contribution in [1.82, 2.24) is 52.4 Å². The number of primary amides is 1. The van der Waals surface area contributed by atoms with Gasteiger partial charge in [0, 0.05) is 49.5 Å². The molecule has 518 valence electrons. The van der Waals surface area contributed by atoms with E-state index in [2.05, 4.69) is 52.5 Å². The summed E-state index contributed by atoms with van der Waals surface area (Å²) >= 11 is 0. The van der Waals surface area contributed by atoms with Crippen molar-refractivity contribution in [3.05, 3.63) is 167 Å². The highest BCUT2D eigenvalue weighted by Crippen LogP contribution is 2.23. The molecule has 28 nitrogen and oxygen atoms in total. The molecule has 2 heterocycles. The highest BCUT2D eigenvalue weighted by atomic mass is 35.5. The Hall–Kier alpha value is -10.7. The Balaban J connectivity index is 0.0000149.